The summed E-state index contributed by atoms with van der Waals surface area (Å²) in [6.45, 7) is 0.208. The highest BCUT2D eigenvalue weighted by molar-refractivity contribution is 5.95. The first-order chi connectivity index (χ1) is 11.2. The molecule has 0 saturated carbocycles. The molecule has 0 bridgehead atoms. The van der Waals surface area contributed by atoms with Gasteiger partial charge in [0.15, 0.2) is 0 Å². The predicted molar refractivity (Wildman–Crippen MR) is 85.2 cm³/mol. The average Bonchev–Trinajstić information content (AvgIpc) is 2.61. The molecule has 2 N–H and O–H groups in total. The number of benzene rings is 2. The molecule has 2 rings (SSSR count). The first kappa shape index (κ1) is 16.4. The van der Waals surface area contributed by atoms with Crippen molar-refractivity contribution < 1.29 is 19.1 Å². The van der Waals surface area contributed by atoms with Gasteiger partial charge in [0.25, 0.3) is 5.91 Å². The second-order valence-corrected chi connectivity index (χ2v) is 4.64. The normalized spacial score (nSPS) is 9.78. The number of methoxy groups -OCH3 is 1. The Morgan fingerprint density at radius 1 is 0.913 bits per heavy atom. The maximum atomic E-state index is 11.7. The molecule has 0 unspecified atom stereocenters. The van der Waals surface area contributed by atoms with E-state index in [9.17, 15) is 9.59 Å². The molecule has 0 fully saturated rings. The summed E-state index contributed by atoms with van der Waals surface area (Å²) >= 11 is 0. The van der Waals surface area contributed by atoms with Gasteiger partial charge in [0.1, 0.15) is 11.5 Å². The van der Waals surface area contributed by atoms with Crippen molar-refractivity contribution in [2.24, 2.45) is 0 Å². The molecule has 23 heavy (non-hydrogen) atoms. The topological polar surface area (TPSA) is 76.7 Å². The Morgan fingerprint density at radius 2 is 1.57 bits per heavy atom. The Bertz CT molecular complexity index is 641. The van der Waals surface area contributed by atoms with Gasteiger partial charge in [-0.05, 0) is 36.4 Å². The number of amides is 2. The molecular formula is C17H18N2O4. The highest BCUT2D eigenvalue weighted by Crippen LogP contribution is 2.16. The van der Waals surface area contributed by atoms with E-state index in [2.05, 4.69) is 10.9 Å². The van der Waals surface area contributed by atoms with E-state index in [1.54, 1.807) is 55.6 Å². The van der Waals surface area contributed by atoms with Crippen LogP contribution in [0, 0.1) is 0 Å². The first-order valence-corrected chi connectivity index (χ1v) is 7.10. The number of carbonyl (C=O) groups excluding carboxylic acids is 2. The van der Waals surface area contributed by atoms with E-state index in [0.717, 1.165) is 5.75 Å². The fraction of sp³-hybridized carbons (Fsp3) is 0.176. The number of ether oxygens (including phenoxy) is 2. The smallest absolute Gasteiger partial charge is 0.269 e. The third-order valence-corrected chi connectivity index (χ3v) is 3.01. The molecule has 0 atom stereocenters. The number of carbonyl (C=O) groups is 2. The van der Waals surface area contributed by atoms with E-state index in [0.29, 0.717) is 11.3 Å². The summed E-state index contributed by atoms with van der Waals surface area (Å²) < 4.78 is 10.5. The monoisotopic (exact) mass is 314 g/mol. The first-order valence-electron chi connectivity index (χ1n) is 7.10. The standard InChI is InChI=1S/C17H18N2O4/c1-22-14-7-9-15(10-8-14)23-12-11-16(20)18-19-17(21)13-5-3-2-4-6-13/h2-10H,11-12H2,1H3,(H,18,20)(H,19,21). The zero-order chi connectivity index (χ0) is 16.5. The fourth-order valence-electron chi connectivity index (χ4n) is 1.78. The van der Waals surface area contributed by atoms with Crippen LogP contribution in [0.2, 0.25) is 0 Å². The molecule has 2 aromatic carbocycles. The largest absolute Gasteiger partial charge is 0.497 e. The van der Waals surface area contributed by atoms with Crippen molar-refractivity contribution in [3.05, 3.63) is 60.2 Å². The van der Waals surface area contributed by atoms with Crippen LogP contribution >= 0.6 is 0 Å². The zero-order valence-electron chi connectivity index (χ0n) is 12.7. The average molecular weight is 314 g/mol. The molecule has 6 nitrogen and oxygen atoms in total. The van der Waals surface area contributed by atoms with Crippen LogP contribution in [-0.2, 0) is 4.79 Å². The summed E-state index contributed by atoms with van der Waals surface area (Å²) in [6.07, 6.45) is 0.126. The summed E-state index contributed by atoms with van der Waals surface area (Å²) in [5, 5.41) is 0. The van der Waals surface area contributed by atoms with Crippen LogP contribution in [-0.4, -0.2) is 25.5 Å². The van der Waals surface area contributed by atoms with Crippen LogP contribution in [0.15, 0.2) is 54.6 Å². The number of hydrogen-bond acceptors (Lipinski definition) is 4. The minimum absolute atomic E-state index is 0.126. The Morgan fingerprint density at radius 3 is 2.22 bits per heavy atom. The van der Waals surface area contributed by atoms with Gasteiger partial charge in [0.05, 0.1) is 20.1 Å². The van der Waals surface area contributed by atoms with Crippen molar-refractivity contribution in [1.29, 1.82) is 0 Å². The maximum absolute atomic E-state index is 11.7. The zero-order valence-corrected chi connectivity index (χ0v) is 12.7. The van der Waals surface area contributed by atoms with Crippen molar-refractivity contribution in [3.8, 4) is 11.5 Å². The van der Waals surface area contributed by atoms with Gasteiger partial charge in [0.2, 0.25) is 5.91 Å². The van der Waals surface area contributed by atoms with Crippen LogP contribution in [0.5, 0.6) is 11.5 Å². The molecule has 0 radical (unpaired) electrons. The van der Waals surface area contributed by atoms with Gasteiger partial charge in [0, 0.05) is 5.56 Å². The minimum atomic E-state index is -0.366. The molecule has 2 aromatic rings. The number of hydrazine groups is 1. The lowest BCUT2D eigenvalue weighted by Gasteiger charge is -2.09. The lowest BCUT2D eigenvalue weighted by Crippen LogP contribution is -2.42. The molecule has 6 heteroatoms. The molecule has 0 heterocycles. The van der Waals surface area contributed by atoms with E-state index < -0.39 is 0 Å². The van der Waals surface area contributed by atoms with E-state index in [1.807, 2.05) is 6.07 Å². The molecular weight excluding hydrogens is 296 g/mol. The summed E-state index contributed by atoms with van der Waals surface area (Å²) in [4.78, 5) is 23.4. The van der Waals surface area contributed by atoms with Gasteiger partial charge in [-0.15, -0.1) is 0 Å². The summed E-state index contributed by atoms with van der Waals surface area (Å²) in [5.74, 6) is 0.684. The van der Waals surface area contributed by atoms with Crippen LogP contribution in [0.4, 0.5) is 0 Å². The molecule has 0 aromatic heterocycles. The third-order valence-electron chi connectivity index (χ3n) is 3.01. The molecule has 120 valence electrons. The minimum Gasteiger partial charge on any atom is -0.497 e. The van der Waals surface area contributed by atoms with Crippen molar-refractivity contribution in [2.45, 2.75) is 6.42 Å². The van der Waals surface area contributed by atoms with E-state index in [-0.39, 0.29) is 24.8 Å². The maximum Gasteiger partial charge on any atom is 0.269 e. The highest BCUT2D eigenvalue weighted by Gasteiger charge is 2.06. The molecule has 0 aliphatic heterocycles. The molecule has 0 aliphatic rings. The van der Waals surface area contributed by atoms with Gasteiger partial charge in [-0.25, -0.2) is 0 Å². The van der Waals surface area contributed by atoms with E-state index in [4.69, 9.17) is 9.47 Å². The van der Waals surface area contributed by atoms with Crippen molar-refractivity contribution >= 4 is 11.8 Å². The Kier molecular flexibility index (Phi) is 5.99. The molecule has 0 aliphatic carbocycles. The van der Waals surface area contributed by atoms with Crippen LogP contribution in [0.1, 0.15) is 16.8 Å². The van der Waals surface area contributed by atoms with Gasteiger partial charge in [-0.3, -0.25) is 20.4 Å². The third kappa shape index (κ3) is 5.35. The van der Waals surface area contributed by atoms with Gasteiger partial charge < -0.3 is 9.47 Å². The summed E-state index contributed by atoms with van der Waals surface area (Å²) in [5.41, 5.74) is 5.17. The summed E-state index contributed by atoms with van der Waals surface area (Å²) in [6, 6.07) is 15.7. The fourth-order valence-corrected chi connectivity index (χ4v) is 1.78. The second-order valence-electron chi connectivity index (χ2n) is 4.64. The molecule has 2 amide bonds. The van der Waals surface area contributed by atoms with Crippen LogP contribution in [0.3, 0.4) is 0 Å². The van der Waals surface area contributed by atoms with Gasteiger partial charge in [-0.2, -0.15) is 0 Å². The predicted octanol–water partition coefficient (Wildman–Crippen LogP) is 1.93. The Balaban J connectivity index is 1.67. The SMILES string of the molecule is COc1ccc(OCCC(=O)NNC(=O)c2ccccc2)cc1. The van der Waals surface area contributed by atoms with Crippen LogP contribution < -0.4 is 20.3 Å². The van der Waals surface area contributed by atoms with Crippen molar-refractivity contribution in [2.75, 3.05) is 13.7 Å². The van der Waals surface area contributed by atoms with Gasteiger partial charge >= 0.3 is 0 Å². The van der Waals surface area contributed by atoms with Crippen molar-refractivity contribution in [3.63, 3.8) is 0 Å². The van der Waals surface area contributed by atoms with Crippen LogP contribution in [0.25, 0.3) is 0 Å². The Labute approximate surface area is 134 Å². The Hall–Kier alpha value is -3.02. The molecule has 0 spiro atoms. The quantitative estimate of drug-likeness (QED) is 0.799. The van der Waals surface area contributed by atoms with E-state index in [1.165, 1.54) is 0 Å². The lowest BCUT2D eigenvalue weighted by atomic mass is 10.2. The summed E-state index contributed by atoms with van der Waals surface area (Å²) in [7, 11) is 1.59. The lowest BCUT2D eigenvalue weighted by molar-refractivity contribution is -0.122. The second kappa shape index (κ2) is 8.43. The van der Waals surface area contributed by atoms with Crippen molar-refractivity contribution in [1.82, 2.24) is 10.9 Å². The number of rotatable bonds is 6. The van der Waals surface area contributed by atoms with Gasteiger partial charge in [-0.1, -0.05) is 18.2 Å². The van der Waals surface area contributed by atoms with E-state index >= 15 is 0 Å². The molecule has 0 saturated heterocycles. The number of hydrogen-bond donors (Lipinski definition) is 2. The highest BCUT2D eigenvalue weighted by atomic mass is 16.5. The number of nitrogens with one attached hydrogen (secondary N) is 2.